The molecule has 0 aromatic heterocycles. The molecule has 3 rings (SSSR count). The number of carbonyl (C=O) groups is 1. The molecule has 1 saturated heterocycles. The van der Waals surface area contributed by atoms with Crippen molar-refractivity contribution in [2.45, 2.75) is 90.2 Å². The maximum absolute atomic E-state index is 12.5. The van der Waals surface area contributed by atoms with Gasteiger partial charge in [-0.1, -0.05) is 43.0 Å². The number of ether oxygens (including phenoxy) is 1. The van der Waals surface area contributed by atoms with Gasteiger partial charge in [0.2, 0.25) is 5.91 Å². The Labute approximate surface area is 175 Å². The fourth-order valence-electron chi connectivity index (χ4n) is 5.27. The Morgan fingerprint density at radius 1 is 1.18 bits per heavy atom. The fraction of sp³-hybridized carbons (Fsp3) is 0.708. The summed E-state index contributed by atoms with van der Waals surface area (Å²) in [5.41, 5.74) is 1.54. The van der Waals surface area contributed by atoms with E-state index in [1.54, 1.807) is 6.92 Å². The quantitative estimate of drug-likeness (QED) is 0.578. The zero-order valence-corrected chi connectivity index (χ0v) is 18.6. The van der Waals surface area contributed by atoms with Crippen LogP contribution in [0.5, 0.6) is 0 Å². The van der Waals surface area contributed by atoms with Gasteiger partial charge < -0.3 is 9.64 Å². The van der Waals surface area contributed by atoms with Gasteiger partial charge in [0.15, 0.2) is 0 Å². The minimum atomic E-state index is -0.136. The number of carbonyl (C=O) groups excluding carboxylic acids is 1. The van der Waals surface area contributed by atoms with Gasteiger partial charge in [-0.15, -0.1) is 0 Å². The van der Waals surface area contributed by atoms with Crippen LogP contribution in [0.4, 0.5) is 0 Å². The molecule has 1 aromatic carbocycles. The Hall–Kier alpha value is -1.06. The molecule has 1 atom stereocenters. The number of amides is 1. The topological polar surface area (TPSA) is 29.5 Å². The average Bonchev–Trinajstić information content (AvgIpc) is 2.64. The van der Waals surface area contributed by atoms with E-state index in [2.05, 4.69) is 30.9 Å². The normalized spacial score (nSPS) is 23.9. The summed E-state index contributed by atoms with van der Waals surface area (Å²) < 4.78 is 5.88. The van der Waals surface area contributed by atoms with Crippen molar-refractivity contribution < 1.29 is 9.53 Å². The van der Waals surface area contributed by atoms with Gasteiger partial charge >= 0.3 is 0 Å². The molecule has 1 amide bonds. The Morgan fingerprint density at radius 3 is 2.46 bits per heavy atom. The van der Waals surface area contributed by atoms with Crippen molar-refractivity contribution in [3.05, 3.63) is 34.9 Å². The molecule has 28 heavy (non-hydrogen) atoms. The predicted octanol–water partition coefficient (Wildman–Crippen LogP) is 6.03. The molecule has 0 N–H and O–H groups in total. The molecule has 0 spiro atoms. The third-order valence-electron chi connectivity index (χ3n) is 6.81. The molecule has 2 fully saturated rings. The van der Waals surface area contributed by atoms with E-state index in [1.165, 1.54) is 37.7 Å². The second kappa shape index (κ2) is 9.17. The molecule has 1 saturated carbocycles. The molecule has 3 nitrogen and oxygen atoms in total. The van der Waals surface area contributed by atoms with Gasteiger partial charge in [0.05, 0.1) is 5.60 Å². The van der Waals surface area contributed by atoms with Crippen LogP contribution in [0.15, 0.2) is 24.3 Å². The molecule has 0 bridgehead atoms. The number of hydrogen-bond donors (Lipinski definition) is 0. The minimum Gasteiger partial charge on any atom is -0.375 e. The lowest BCUT2D eigenvalue weighted by molar-refractivity contribution is -0.138. The molecule has 1 unspecified atom stereocenters. The van der Waals surface area contributed by atoms with Crippen LogP contribution in [0, 0.1) is 5.41 Å². The van der Waals surface area contributed by atoms with Gasteiger partial charge in [-0.05, 0) is 75.5 Å². The first kappa shape index (κ1) is 21.6. The second-order valence-electron chi connectivity index (χ2n) is 9.58. The Morgan fingerprint density at radius 2 is 1.86 bits per heavy atom. The summed E-state index contributed by atoms with van der Waals surface area (Å²) in [5.74, 6) is 0.208. The average molecular weight is 406 g/mol. The lowest BCUT2D eigenvalue weighted by Crippen LogP contribution is -2.49. The zero-order valence-electron chi connectivity index (χ0n) is 17.8. The van der Waals surface area contributed by atoms with Crippen molar-refractivity contribution in [3.8, 4) is 0 Å². The molecule has 1 aliphatic carbocycles. The molecular formula is C24H36ClNO2. The molecule has 0 radical (unpaired) electrons. The highest BCUT2D eigenvalue weighted by Crippen LogP contribution is 2.43. The summed E-state index contributed by atoms with van der Waals surface area (Å²) in [4.78, 5) is 14.6. The summed E-state index contributed by atoms with van der Waals surface area (Å²) >= 11 is 6.08. The summed E-state index contributed by atoms with van der Waals surface area (Å²) in [6.07, 6.45) is 10.5. The second-order valence-corrected chi connectivity index (χ2v) is 10.0. The van der Waals surface area contributed by atoms with Crippen molar-refractivity contribution >= 4 is 17.5 Å². The molecule has 4 heteroatoms. The van der Waals surface area contributed by atoms with Crippen LogP contribution in [0.3, 0.4) is 0 Å². The monoisotopic (exact) mass is 405 g/mol. The van der Waals surface area contributed by atoms with E-state index in [-0.39, 0.29) is 11.5 Å². The van der Waals surface area contributed by atoms with Crippen molar-refractivity contribution in [3.63, 3.8) is 0 Å². The molecule has 2 aliphatic rings. The van der Waals surface area contributed by atoms with Gasteiger partial charge in [-0.25, -0.2) is 0 Å². The van der Waals surface area contributed by atoms with Crippen LogP contribution in [0.1, 0.15) is 77.7 Å². The van der Waals surface area contributed by atoms with E-state index in [0.717, 1.165) is 43.9 Å². The molecule has 156 valence electrons. The van der Waals surface area contributed by atoms with Crippen LogP contribution < -0.4 is 0 Å². The highest BCUT2D eigenvalue weighted by Gasteiger charge is 2.36. The summed E-state index contributed by atoms with van der Waals surface area (Å²) in [6, 6.07) is 8.64. The van der Waals surface area contributed by atoms with Crippen LogP contribution in [0.25, 0.3) is 0 Å². The van der Waals surface area contributed by atoms with E-state index < -0.39 is 0 Å². The van der Waals surface area contributed by atoms with Gasteiger partial charge in [0, 0.05) is 31.1 Å². The number of halogens is 1. The number of benzene rings is 1. The van der Waals surface area contributed by atoms with Crippen LogP contribution in [-0.4, -0.2) is 35.6 Å². The minimum absolute atomic E-state index is 0.136. The summed E-state index contributed by atoms with van der Waals surface area (Å²) in [6.45, 7) is 7.62. The standard InChI is InChI=1S/C24H36ClNO2/c1-19(27)26(22-11-16-28-23(2,3)18-22)15-14-24(12-5-4-6-13-24)17-20-7-9-21(25)10-8-20/h7-10,22H,4-6,11-18H2,1-3H3. The molecule has 1 heterocycles. The van der Waals surface area contributed by atoms with E-state index in [9.17, 15) is 4.79 Å². The summed E-state index contributed by atoms with van der Waals surface area (Å²) in [7, 11) is 0. The Kier molecular flexibility index (Phi) is 7.09. The number of nitrogens with zero attached hydrogens (tertiary/aromatic N) is 1. The first-order valence-electron chi connectivity index (χ1n) is 10.9. The number of rotatable bonds is 6. The fourth-order valence-corrected chi connectivity index (χ4v) is 5.40. The van der Waals surface area contributed by atoms with Crippen LogP contribution >= 0.6 is 11.6 Å². The van der Waals surface area contributed by atoms with Crippen LogP contribution in [0.2, 0.25) is 5.02 Å². The largest absolute Gasteiger partial charge is 0.375 e. The Balaban J connectivity index is 1.70. The third-order valence-corrected chi connectivity index (χ3v) is 7.06. The molecular weight excluding hydrogens is 370 g/mol. The van der Waals surface area contributed by atoms with E-state index in [4.69, 9.17) is 16.3 Å². The van der Waals surface area contributed by atoms with E-state index >= 15 is 0 Å². The van der Waals surface area contributed by atoms with Crippen molar-refractivity contribution in [2.24, 2.45) is 5.41 Å². The molecule has 1 aromatic rings. The highest BCUT2D eigenvalue weighted by atomic mass is 35.5. The maximum Gasteiger partial charge on any atom is 0.219 e. The lowest BCUT2D eigenvalue weighted by atomic mass is 9.68. The number of hydrogen-bond acceptors (Lipinski definition) is 2. The van der Waals surface area contributed by atoms with Crippen molar-refractivity contribution in [2.75, 3.05) is 13.2 Å². The van der Waals surface area contributed by atoms with Crippen molar-refractivity contribution in [1.29, 1.82) is 0 Å². The SMILES string of the molecule is CC(=O)N(CCC1(Cc2ccc(Cl)cc2)CCCCC1)C1CCOC(C)(C)C1. The lowest BCUT2D eigenvalue weighted by Gasteiger charge is -2.44. The van der Waals surface area contributed by atoms with Gasteiger partial charge in [-0.3, -0.25) is 4.79 Å². The first-order valence-corrected chi connectivity index (χ1v) is 11.3. The molecule has 1 aliphatic heterocycles. The Bertz CT molecular complexity index is 649. The maximum atomic E-state index is 12.5. The van der Waals surface area contributed by atoms with Crippen molar-refractivity contribution in [1.82, 2.24) is 4.90 Å². The van der Waals surface area contributed by atoms with Crippen LogP contribution in [-0.2, 0) is 16.0 Å². The van der Waals surface area contributed by atoms with Gasteiger partial charge in [-0.2, -0.15) is 0 Å². The predicted molar refractivity (Wildman–Crippen MR) is 116 cm³/mol. The van der Waals surface area contributed by atoms with E-state index in [0.29, 0.717) is 11.5 Å². The smallest absolute Gasteiger partial charge is 0.219 e. The van der Waals surface area contributed by atoms with Gasteiger partial charge in [0.1, 0.15) is 0 Å². The van der Waals surface area contributed by atoms with Gasteiger partial charge in [0.25, 0.3) is 0 Å². The summed E-state index contributed by atoms with van der Waals surface area (Å²) in [5, 5.41) is 0.798. The first-order chi connectivity index (χ1) is 13.3. The highest BCUT2D eigenvalue weighted by molar-refractivity contribution is 6.30. The third kappa shape index (κ3) is 5.73. The van der Waals surface area contributed by atoms with E-state index in [1.807, 2.05) is 12.1 Å². The zero-order chi connectivity index (χ0) is 20.2.